The van der Waals surface area contributed by atoms with E-state index in [9.17, 15) is 8.78 Å². The molecule has 1 aliphatic carbocycles. The highest BCUT2D eigenvalue weighted by atomic mass is 79.9. The van der Waals surface area contributed by atoms with Gasteiger partial charge in [-0.15, -0.1) is 5.10 Å². The molecule has 7 heteroatoms. The molecule has 1 aromatic carbocycles. The van der Waals surface area contributed by atoms with Gasteiger partial charge in [0.05, 0.1) is 16.4 Å². The van der Waals surface area contributed by atoms with E-state index in [1.165, 1.54) is 23.6 Å². The molecule has 1 aliphatic rings. The monoisotopic (exact) mass is 342 g/mol. The Labute approximate surface area is 123 Å². The number of halogens is 3. The van der Waals surface area contributed by atoms with Gasteiger partial charge >= 0.3 is 0 Å². The normalized spacial score (nSPS) is 14.8. The molecule has 0 spiro atoms. The van der Waals surface area contributed by atoms with E-state index in [-0.39, 0.29) is 10.2 Å². The molecule has 4 nitrogen and oxygen atoms in total. The van der Waals surface area contributed by atoms with Gasteiger partial charge in [0.15, 0.2) is 5.82 Å². The van der Waals surface area contributed by atoms with Gasteiger partial charge in [0.25, 0.3) is 0 Å². The summed E-state index contributed by atoms with van der Waals surface area (Å²) in [6.45, 7) is 1.57. The lowest BCUT2D eigenvalue weighted by molar-refractivity contribution is 0.568. The third-order valence-corrected chi connectivity index (χ3v) is 3.82. The molecule has 0 bridgehead atoms. The molecule has 0 radical (unpaired) electrons. The predicted octanol–water partition coefficient (Wildman–Crippen LogP) is 2.81. The molecule has 1 N–H and O–H groups in total. The summed E-state index contributed by atoms with van der Waals surface area (Å²) in [6.07, 6.45) is 4.21. The van der Waals surface area contributed by atoms with Gasteiger partial charge in [0, 0.05) is 12.6 Å². The molecule has 1 fully saturated rings. The lowest BCUT2D eigenvalue weighted by Gasteiger charge is -2.03. The molecule has 1 saturated carbocycles. The van der Waals surface area contributed by atoms with Crippen LogP contribution in [-0.2, 0) is 6.54 Å². The summed E-state index contributed by atoms with van der Waals surface area (Å²) >= 11 is 3.03. The van der Waals surface area contributed by atoms with Crippen LogP contribution in [0, 0.1) is 17.6 Å². The molecular weight excluding hydrogens is 330 g/mol. The van der Waals surface area contributed by atoms with Crippen LogP contribution in [0.3, 0.4) is 0 Å². The SMILES string of the molecule is Fc1cc(F)c(-n2cc(CNCC3CC3)nn2)cc1Br. The van der Waals surface area contributed by atoms with E-state index in [4.69, 9.17) is 0 Å². The Balaban J connectivity index is 1.73. The van der Waals surface area contributed by atoms with Crippen LogP contribution in [0.1, 0.15) is 18.5 Å². The highest BCUT2D eigenvalue weighted by Gasteiger charge is 2.20. The van der Waals surface area contributed by atoms with Gasteiger partial charge in [-0.1, -0.05) is 5.21 Å². The quantitative estimate of drug-likeness (QED) is 0.849. The van der Waals surface area contributed by atoms with Crippen molar-refractivity contribution in [3.8, 4) is 5.69 Å². The van der Waals surface area contributed by atoms with Gasteiger partial charge in [-0.2, -0.15) is 0 Å². The molecule has 0 amide bonds. The van der Waals surface area contributed by atoms with Crippen molar-refractivity contribution >= 4 is 15.9 Å². The highest BCUT2D eigenvalue weighted by Crippen LogP contribution is 2.27. The van der Waals surface area contributed by atoms with E-state index in [0.29, 0.717) is 6.54 Å². The van der Waals surface area contributed by atoms with Crippen molar-refractivity contribution in [2.45, 2.75) is 19.4 Å². The zero-order chi connectivity index (χ0) is 14.1. The average molecular weight is 343 g/mol. The van der Waals surface area contributed by atoms with Crippen LogP contribution in [0.5, 0.6) is 0 Å². The van der Waals surface area contributed by atoms with Crippen molar-refractivity contribution < 1.29 is 8.78 Å². The zero-order valence-electron chi connectivity index (χ0n) is 10.6. The first-order chi connectivity index (χ1) is 9.63. The predicted molar refractivity (Wildman–Crippen MR) is 73.4 cm³/mol. The van der Waals surface area contributed by atoms with Crippen LogP contribution >= 0.6 is 15.9 Å². The van der Waals surface area contributed by atoms with Crippen molar-refractivity contribution in [3.63, 3.8) is 0 Å². The second kappa shape index (κ2) is 5.57. The molecule has 106 valence electrons. The maximum absolute atomic E-state index is 13.7. The van der Waals surface area contributed by atoms with Crippen LogP contribution in [0.25, 0.3) is 5.69 Å². The Kier molecular flexibility index (Phi) is 3.80. The van der Waals surface area contributed by atoms with Crippen molar-refractivity contribution in [3.05, 3.63) is 40.1 Å². The van der Waals surface area contributed by atoms with Gasteiger partial charge in [0.1, 0.15) is 11.5 Å². The Morgan fingerprint density at radius 1 is 1.30 bits per heavy atom. The minimum Gasteiger partial charge on any atom is -0.311 e. The van der Waals surface area contributed by atoms with Crippen LogP contribution in [0.15, 0.2) is 22.8 Å². The second-order valence-electron chi connectivity index (χ2n) is 4.95. The first-order valence-electron chi connectivity index (χ1n) is 6.40. The summed E-state index contributed by atoms with van der Waals surface area (Å²) < 4.78 is 28.4. The summed E-state index contributed by atoms with van der Waals surface area (Å²) in [5.41, 5.74) is 0.893. The Bertz CT molecular complexity index is 625. The fourth-order valence-corrected chi connectivity index (χ4v) is 2.24. The van der Waals surface area contributed by atoms with E-state index in [1.807, 2.05) is 0 Å². The van der Waals surface area contributed by atoms with E-state index in [0.717, 1.165) is 24.2 Å². The van der Waals surface area contributed by atoms with Crippen LogP contribution in [-0.4, -0.2) is 21.5 Å². The molecule has 20 heavy (non-hydrogen) atoms. The van der Waals surface area contributed by atoms with E-state index >= 15 is 0 Å². The van der Waals surface area contributed by atoms with Gasteiger partial charge < -0.3 is 5.32 Å². The number of hydrogen-bond acceptors (Lipinski definition) is 3. The van der Waals surface area contributed by atoms with Crippen LogP contribution in [0.2, 0.25) is 0 Å². The molecule has 3 rings (SSSR count). The van der Waals surface area contributed by atoms with Crippen molar-refractivity contribution in [1.29, 1.82) is 0 Å². The third kappa shape index (κ3) is 3.04. The number of nitrogens with zero attached hydrogens (tertiary/aromatic N) is 3. The zero-order valence-corrected chi connectivity index (χ0v) is 12.2. The summed E-state index contributed by atoms with van der Waals surface area (Å²) in [6, 6.07) is 2.17. The van der Waals surface area contributed by atoms with Crippen LogP contribution < -0.4 is 5.32 Å². The Morgan fingerprint density at radius 2 is 2.10 bits per heavy atom. The maximum Gasteiger partial charge on any atom is 0.151 e. The van der Waals surface area contributed by atoms with Crippen molar-refractivity contribution in [2.24, 2.45) is 5.92 Å². The van der Waals surface area contributed by atoms with Crippen molar-refractivity contribution in [2.75, 3.05) is 6.54 Å². The number of hydrogen-bond donors (Lipinski definition) is 1. The Morgan fingerprint density at radius 3 is 2.85 bits per heavy atom. The topological polar surface area (TPSA) is 42.7 Å². The minimum absolute atomic E-state index is 0.166. The largest absolute Gasteiger partial charge is 0.311 e. The van der Waals surface area contributed by atoms with Gasteiger partial charge in [-0.25, -0.2) is 13.5 Å². The number of rotatable bonds is 5. The lowest BCUT2D eigenvalue weighted by atomic mass is 10.3. The first kappa shape index (κ1) is 13.6. The molecule has 2 aromatic rings. The van der Waals surface area contributed by atoms with Gasteiger partial charge in [0.2, 0.25) is 0 Å². The number of benzene rings is 1. The van der Waals surface area contributed by atoms with E-state index in [1.54, 1.807) is 6.20 Å². The average Bonchev–Trinajstić information content (AvgIpc) is 3.11. The number of nitrogens with one attached hydrogen (secondary N) is 1. The highest BCUT2D eigenvalue weighted by molar-refractivity contribution is 9.10. The summed E-state index contributed by atoms with van der Waals surface area (Å²) in [7, 11) is 0. The van der Waals surface area contributed by atoms with Gasteiger partial charge in [-0.3, -0.25) is 0 Å². The Hall–Kier alpha value is -1.34. The lowest BCUT2D eigenvalue weighted by Crippen LogP contribution is -2.16. The summed E-state index contributed by atoms with van der Waals surface area (Å²) in [5.74, 6) is -0.527. The van der Waals surface area contributed by atoms with Crippen LogP contribution in [0.4, 0.5) is 8.78 Å². The molecule has 0 atom stereocenters. The maximum atomic E-state index is 13.7. The summed E-state index contributed by atoms with van der Waals surface area (Å²) in [4.78, 5) is 0. The minimum atomic E-state index is -0.673. The standard InChI is InChI=1S/C13H13BrF2N4/c14-10-3-13(12(16)4-11(10)15)20-7-9(18-19-20)6-17-5-8-1-2-8/h3-4,7-8,17H,1-2,5-6H2. The molecule has 0 aliphatic heterocycles. The first-order valence-corrected chi connectivity index (χ1v) is 7.19. The van der Waals surface area contributed by atoms with Gasteiger partial charge in [-0.05, 0) is 47.3 Å². The molecule has 0 unspecified atom stereocenters. The fourth-order valence-electron chi connectivity index (χ4n) is 1.91. The second-order valence-corrected chi connectivity index (χ2v) is 5.80. The summed E-state index contributed by atoms with van der Waals surface area (Å²) in [5, 5.41) is 11.1. The number of aromatic nitrogens is 3. The fraction of sp³-hybridized carbons (Fsp3) is 0.385. The molecular formula is C13H13BrF2N4. The van der Waals surface area contributed by atoms with E-state index in [2.05, 4.69) is 31.6 Å². The molecule has 1 aromatic heterocycles. The molecule has 1 heterocycles. The smallest absolute Gasteiger partial charge is 0.151 e. The van der Waals surface area contributed by atoms with Crippen molar-refractivity contribution in [1.82, 2.24) is 20.3 Å². The van der Waals surface area contributed by atoms with E-state index < -0.39 is 11.6 Å². The molecule has 0 saturated heterocycles. The third-order valence-electron chi connectivity index (χ3n) is 3.21.